The van der Waals surface area contributed by atoms with E-state index in [4.69, 9.17) is 4.74 Å². The first-order valence-corrected chi connectivity index (χ1v) is 11.6. The summed E-state index contributed by atoms with van der Waals surface area (Å²) in [5.74, 6) is 0.615. The third-order valence-electron chi connectivity index (χ3n) is 6.02. The molecule has 1 fully saturated rings. The molecule has 3 aromatic carbocycles. The molecule has 3 aromatic rings. The number of rotatable bonds is 4. The number of carbonyl (C=O) groups is 1. The molecule has 0 aromatic heterocycles. The van der Waals surface area contributed by atoms with Gasteiger partial charge in [0, 0.05) is 31.6 Å². The Bertz CT molecular complexity index is 1260. The number of carbonyl (C=O) groups excluding carboxylic acids is 1. The molecule has 0 radical (unpaired) electrons. The zero-order valence-corrected chi connectivity index (χ0v) is 18.0. The Labute approximate surface area is 181 Å². The number of nitrogens with zero attached hydrogens (tertiary/aromatic N) is 3. The van der Waals surface area contributed by atoms with Crippen molar-refractivity contribution in [2.75, 3.05) is 49.0 Å². The molecule has 8 heteroatoms. The maximum absolute atomic E-state index is 13.1. The van der Waals surface area contributed by atoms with Gasteiger partial charge < -0.3 is 14.5 Å². The molecule has 2 aliphatic heterocycles. The van der Waals surface area contributed by atoms with E-state index in [0.717, 1.165) is 16.8 Å². The molecule has 1 amide bonds. The summed E-state index contributed by atoms with van der Waals surface area (Å²) in [4.78, 5) is 17.3. The normalized spacial score (nSPS) is 17.3. The summed E-state index contributed by atoms with van der Waals surface area (Å²) in [6.07, 6.45) is 0. The molecule has 5 rings (SSSR count). The van der Waals surface area contributed by atoms with E-state index >= 15 is 0 Å². The van der Waals surface area contributed by atoms with Gasteiger partial charge in [0.25, 0.3) is 10.0 Å². The topological polar surface area (TPSA) is 70.2 Å². The van der Waals surface area contributed by atoms with Crippen molar-refractivity contribution in [2.24, 2.45) is 0 Å². The van der Waals surface area contributed by atoms with Crippen LogP contribution in [0, 0.1) is 0 Å². The molecule has 0 atom stereocenters. The van der Waals surface area contributed by atoms with Crippen LogP contribution >= 0.6 is 0 Å². The highest BCUT2D eigenvalue weighted by atomic mass is 32.2. The fourth-order valence-corrected chi connectivity index (χ4v) is 6.10. The van der Waals surface area contributed by atoms with E-state index < -0.39 is 10.0 Å². The minimum Gasteiger partial charge on any atom is -0.495 e. The van der Waals surface area contributed by atoms with E-state index in [9.17, 15) is 13.2 Å². The molecular weight excluding hydrogens is 414 g/mol. The lowest BCUT2D eigenvalue weighted by Gasteiger charge is -2.37. The van der Waals surface area contributed by atoms with Gasteiger partial charge in [-0.3, -0.25) is 9.10 Å². The van der Waals surface area contributed by atoms with Crippen molar-refractivity contribution < 1.29 is 17.9 Å². The monoisotopic (exact) mass is 437 g/mol. The summed E-state index contributed by atoms with van der Waals surface area (Å²) in [5.41, 5.74) is 1.58. The van der Waals surface area contributed by atoms with Gasteiger partial charge >= 0.3 is 0 Å². The maximum atomic E-state index is 13.1. The number of sulfonamides is 1. The summed E-state index contributed by atoms with van der Waals surface area (Å²) in [5, 5.41) is 1.55. The summed E-state index contributed by atoms with van der Waals surface area (Å²) >= 11 is 0. The van der Waals surface area contributed by atoms with Crippen LogP contribution in [0.1, 0.15) is 0 Å². The smallest absolute Gasteiger partial charge is 0.265 e. The lowest BCUT2D eigenvalue weighted by molar-refractivity contribution is -0.129. The molecule has 0 unspecified atom stereocenters. The van der Waals surface area contributed by atoms with Crippen LogP contribution in [0.3, 0.4) is 0 Å². The Morgan fingerprint density at radius 2 is 1.58 bits per heavy atom. The number of hydrogen-bond donors (Lipinski definition) is 0. The minimum absolute atomic E-state index is 0.187. The fourth-order valence-electron chi connectivity index (χ4n) is 4.44. The van der Waals surface area contributed by atoms with Gasteiger partial charge in [0.1, 0.15) is 12.3 Å². The first kappa shape index (κ1) is 19.7. The maximum Gasteiger partial charge on any atom is 0.265 e. The second-order valence-corrected chi connectivity index (χ2v) is 9.51. The number of amides is 1. The number of methoxy groups -OCH3 is 1. The summed E-state index contributed by atoms with van der Waals surface area (Å²) in [6.45, 7) is 2.19. The van der Waals surface area contributed by atoms with Crippen molar-refractivity contribution in [1.82, 2.24) is 4.90 Å². The fraction of sp³-hybridized carbons (Fsp3) is 0.261. The average Bonchev–Trinajstić information content (AvgIpc) is 3.02. The van der Waals surface area contributed by atoms with Crippen LogP contribution in [0.25, 0.3) is 10.8 Å². The van der Waals surface area contributed by atoms with Crippen LogP contribution in [0.15, 0.2) is 65.6 Å². The summed E-state index contributed by atoms with van der Waals surface area (Å²) < 4.78 is 32.9. The molecule has 0 bridgehead atoms. The van der Waals surface area contributed by atoms with Gasteiger partial charge in [0.2, 0.25) is 5.91 Å². The molecular formula is C23H23N3O4S. The van der Waals surface area contributed by atoms with Gasteiger partial charge in [-0.1, -0.05) is 36.4 Å². The van der Waals surface area contributed by atoms with Crippen LogP contribution in [0.4, 0.5) is 11.4 Å². The Morgan fingerprint density at radius 1 is 0.903 bits per heavy atom. The van der Waals surface area contributed by atoms with Gasteiger partial charge in [-0.2, -0.15) is 0 Å². The second kappa shape index (κ2) is 7.46. The number of anilines is 2. The van der Waals surface area contributed by atoms with Crippen LogP contribution in [-0.4, -0.2) is 59.1 Å². The Kier molecular flexibility index (Phi) is 4.74. The Balaban J connectivity index is 1.32. The Hall–Kier alpha value is -3.26. The van der Waals surface area contributed by atoms with Gasteiger partial charge in [-0.05, 0) is 29.7 Å². The number of benzene rings is 3. The van der Waals surface area contributed by atoms with Crippen molar-refractivity contribution in [1.29, 1.82) is 0 Å². The van der Waals surface area contributed by atoms with Gasteiger partial charge in [-0.15, -0.1) is 0 Å². The molecule has 2 heterocycles. The molecule has 0 N–H and O–H groups in total. The largest absolute Gasteiger partial charge is 0.495 e. The summed E-state index contributed by atoms with van der Waals surface area (Å²) in [6, 6.07) is 18.5. The van der Waals surface area contributed by atoms with Gasteiger partial charge in [0.15, 0.2) is 0 Å². The summed E-state index contributed by atoms with van der Waals surface area (Å²) in [7, 11) is -2.09. The zero-order valence-electron chi connectivity index (χ0n) is 17.2. The number of piperazine rings is 1. The van der Waals surface area contributed by atoms with Crippen molar-refractivity contribution >= 4 is 38.1 Å². The second-order valence-electron chi connectivity index (χ2n) is 7.68. The van der Waals surface area contributed by atoms with Crippen molar-refractivity contribution in [3.63, 3.8) is 0 Å². The molecule has 31 heavy (non-hydrogen) atoms. The van der Waals surface area contributed by atoms with Gasteiger partial charge in [-0.25, -0.2) is 8.42 Å². The molecule has 2 aliphatic rings. The molecule has 1 saturated heterocycles. The molecule has 0 aliphatic carbocycles. The van der Waals surface area contributed by atoms with Crippen LogP contribution in [0.2, 0.25) is 0 Å². The molecule has 0 spiro atoms. The van der Waals surface area contributed by atoms with Crippen molar-refractivity contribution in [3.05, 3.63) is 60.7 Å². The van der Waals surface area contributed by atoms with E-state index in [-0.39, 0.29) is 17.3 Å². The zero-order chi connectivity index (χ0) is 21.6. The van der Waals surface area contributed by atoms with Gasteiger partial charge in [0.05, 0.1) is 23.4 Å². The van der Waals surface area contributed by atoms with E-state index in [2.05, 4.69) is 4.90 Å². The predicted molar refractivity (Wildman–Crippen MR) is 120 cm³/mol. The van der Waals surface area contributed by atoms with E-state index in [0.29, 0.717) is 37.3 Å². The Morgan fingerprint density at radius 3 is 2.32 bits per heavy atom. The number of para-hydroxylation sites is 2. The first-order valence-electron chi connectivity index (χ1n) is 10.2. The van der Waals surface area contributed by atoms with Crippen LogP contribution in [-0.2, 0) is 14.8 Å². The molecule has 160 valence electrons. The molecule has 7 nitrogen and oxygen atoms in total. The highest BCUT2D eigenvalue weighted by Gasteiger charge is 2.37. The number of ether oxygens (including phenoxy) is 1. The minimum atomic E-state index is -3.74. The first-order chi connectivity index (χ1) is 15.0. The van der Waals surface area contributed by atoms with Crippen LogP contribution < -0.4 is 13.9 Å². The van der Waals surface area contributed by atoms with E-state index in [1.165, 1.54) is 4.31 Å². The van der Waals surface area contributed by atoms with Crippen molar-refractivity contribution in [2.45, 2.75) is 4.90 Å². The average molecular weight is 438 g/mol. The third kappa shape index (κ3) is 3.18. The van der Waals surface area contributed by atoms with E-state index in [1.807, 2.05) is 42.5 Å². The molecule has 0 saturated carbocycles. The standard InChI is InChI=1S/C23H23N3O4S/c1-30-20-10-3-2-8-18(20)24-12-14-25(15-13-24)22(27)16-26-19-9-4-6-17-7-5-11-21(23(17)19)31(26,28)29/h2-11H,12-16H2,1H3. The quantitative estimate of drug-likeness (QED) is 0.628. The SMILES string of the molecule is COc1ccccc1N1CCN(C(=O)CN2c3cccc4cccc(c34)S2(=O)=O)CC1. The lowest BCUT2D eigenvalue weighted by Crippen LogP contribution is -2.51. The predicted octanol–water partition coefficient (Wildman–Crippen LogP) is 2.71. The third-order valence-corrected chi connectivity index (χ3v) is 7.82. The lowest BCUT2D eigenvalue weighted by atomic mass is 10.1. The number of hydrogen-bond acceptors (Lipinski definition) is 5. The highest BCUT2D eigenvalue weighted by molar-refractivity contribution is 7.93. The van der Waals surface area contributed by atoms with Crippen molar-refractivity contribution in [3.8, 4) is 5.75 Å². The van der Waals surface area contributed by atoms with E-state index in [1.54, 1.807) is 30.2 Å². The van der Waals surface area contributed by atoms with Crippen LogP contribution in [0.5, 0.6) is 5.75 Å². The highest BCUT2D eigenvalue weighted by Crippen LogP contribution is 2.41.